The van der Waals surface area contributed by atoms with Crippen molar-refractivity contribution in [3.05, 3.63) is 34.9 Å². The second-order valence-electron chi connectivity index (χ2n) is 5.47. The third-order valence-corrected chi connectivity index (χ3v) is 4.40. The molecule has 5 heteroatoms. The molecular weight excluding hydrogens is 292 g/mol. The van der Waals surface area contributed by atoms with Gasteiger partial charge in [-0.05, 0) is 25.8 Å². The van der Waals surface area contributed by atoms with Gasteiger partial charge in [-0.1, -0.05) is 29.8 Å². The van der Waals surface area contributed by atoms with Crippen molar-refractivity contribution in [1.29, 1.82) is 0 Å². The van der Waals surface area contributed by atoms with Crippen LogP contribution in [-0.4, -0.2) is 24.5 Å². The van der Waals surface area contributed by atoms with Gasteiger partial charge in [0.15, 0.2) is 11.9 Å². The van der Waals surface area contributed by atoms with Gasteiger partial charge in [-0.3, -0.25) is 0 Å². The second kappa shape index (κ2) is 5.95. The first-order valence-electron chi connectivity index (χ1n) is 7.42. The number of benzene rings is 1. The molecule has 1 saturated carbocycles. The lowest BCUT2D eigenvalue weighted by molar-refractivity contribution is -0.181. The number of esters is 1. The van der Waals surface area contributed by atoms with E-state index in [-0.39, 0.29) is 5.97 Å². The van der Waals surface area contributed by atoms with Crippen LogP contribution in [0.15, 0.2) is 24.3 Å². The number of rotatable bonds is 3. The lowest BCUT2D eigenvalue weighted by Gasteiger charge is -2.21. The maximum absolute atomic E-state index is 12.2. The van der Waals surface area contributed by atoms with Crippen molar-refractivity contribution in [1.82, 2.24) is 0 Å². The number of carbonyl (C=O) groups excluding carboxylic acids is 1. The summed E-state index contributed by atoms with van der Waals surface area (Å²) in [4.78, 5) is 12.2. The van der Waals surface area contributed by atoms with Crippen molar-refractivity contribution in [3.63, 3.8) is 0 Å². The fourth-order valence-electron chi connectivity index (χ4n) is 3.09. The van der Waals surface area contributed by atoms with Gasteiger partial charge >= 0.3 is 5.97 Å². The lowest BCUT2D eigenvalue weighted by Crippen LogP contribution is -2.31. The number of hydrogen-bond donors (Lipinski definition) is 0. The van der Waals surface area contributed by atoms with Crippen LogP contribution < -0.4 is 0 Å². The summed E-state index contributed by atoms with van der Waals surface area (Å²) in [6.07, 6.45) is 2.46. The van der Waals surface area contributed by atoms with E-state index in [1.54, 1.807) is 13.0 Å². The molecule has 1 aromatic rings. The van der Waals surface area contributed by atoms with E-state index in [9.17, 15) is 4.79 Å². The zero-order chi connectivity index (χ0) is 14.9. The summed E-state index contributed by atoms with van der Waals surface area (Å²) in [5, 5.41) is 0.579. The van der Waals surface area contributed by atoms with Gasteiger partial charge in [0.25, 0.3) is 0 Å². The van der Waals surface area contributed by atoms with Crippen LogP contribution in [0.2, 0.25) is 5.02 Å². The van der Waals surface area contributed by atoms with Crippen molar-refractivity contribution in [2.45, 2.75) is 50.6 Å². The standard InChI is InChI=1S/C16H19ClO4/c1-2-19-15(18)14-13(11-7-3-4-8-12(11)17)20-16(21-14)9-5-6-10-16/h3-4,7-8,13-14H,2,5-6,9-10H2,1H3. The molecule has 1 saturated heterocycles. The highest BCUT2D eigenvalue weighted by Crippen LogP contribution is 2.48. The summed E-state index contributed by atoms with van der Waals surface area (Å²) in [5.74, 6) is -1.03. The molecule has 4 nitrogen and oxygen atoms in total. The molecule has 0 bridgehead atoms. The first-order valence-corrected chi connectivity index (χ1v) is 7.80. The molecule has 1 aliphatic heterocycles. The van der Waals surface area contributed by atoms with Gasteiger partial charge in [0.05, 0.1) is 6.61 Å². The van der Waals surface area contributed by atoms with Crippen molar-refractivity contribution >= 4 is 17.6 Å². The van der Waals surface area contributed by atoms with E-state index in [2.05, 4.69) is 0 Å². The van der Waals surface area contributed by atoms with Gasteiger partial charge < -0.3 is 14.2 Å². The average molecular weight is 311 g/mol. The molecule has 2 atom stereocenters. The maximum atomic E-state index is 12.2. The normalized spacial score (nSPS) is 27.1. The van der Waals surface area contributed by atoms with Crippen molar-refractivity contribution < 1.29 is 19.0 Å². The molecule has 2 fully saturated rings. The lowest BCUT2D eigenvalue weighted by atomic mass is 10.0. The Kier molecular flexibility index (Phi) is 4.20. The van der Waals surface area contributed by atoms with Gasteiger partial charge in [0, 0.05) is 23.4 Å². The molecule has 114 valence electrons. The number of halogens is 1. The first-order chi connectivity index (χ1) is 10.2. The number of ether oxygens (including phenoxy) is 3. The molecule has 21 heavy (non-hydrogen) atoms. The number of carbonyl (C=O) groups is 1. The molecule has 0 N–H and O–H groups in total. The Morgan fingerprint density at radius 3 is 2.71 bits per heavy atom. The fraction of sp³-hybridized carbons (Fsp3) is 0.562. The molecule has 0 aromatic heterocycles. The van der Waals surface area contributed by atoms with Crippen LogP contribution in [0.1, 0.15) is 44.3 Å². The Morgan fingerprint density at radius 1 is 1.33 bits per heavy atom. The number of hydrogen-bond acceptors (Lipinski definition) is 4. The Hall–Kier alpha value is -1.10. The summed E-state index contributed by atoms with van der Waals surface area (Å²) in [6.45, 7) is 2.10. The van der Waals surface area contributed by atoms with Gasteiger partial charge in [0.1, 0.15) is 6.10 Å². The zero-order valence-electron chi connectivity index (χ0n) is 12.0. The van der Waals surface area contributed by atoms with E-state index < -0.39 is 18.0 Å². The van der Waals surface area contributed by atoms with E-state index in [0.717, 1.165) is 31.2 Å². The largest absolute Gasteiger partial charge is 0.464 e. The minimum absolute atomic E-state index is 0.320. The predicted molar refractivity (Wildman–Crippen MR) is 78.0 cm³/mol. The topological polar surface area (TPSA) is 44.8 Å². The van der Waals surface area contributed by atoms with E-state index in [0.29, 0.717) is 11.6 Å². The van der Waals surface area contributed by atoms with Crippen LogP contribution in [0.3, 0.4) is 0 Å². The predicted octanol–water partition coefficient (Wildman–Crippen LogP) is 3.63. The monoisotopic (exact) mass is 310 g/mol. The van der Waals surface area contributed by atoms with E-state index in [1.807, 2.05) is 18.2 Å². The van der Waals surface area contributed by atoms with Crippen molar-refractivity contribution in [2.75, 3.05) is 6.61 Å². The Labute approximate surface area is 129 Å². The summed E-state index contributed by atoms with van der Waals surface area (Å²) in [6, 6.07) is 7.40. The van der Waals surface area contributed by atoms with Crippen LogP contribution in [0.4, 0.5) is 0 Å². The highest BCUT2D eigenvalue weighted by Gasteiger charge is 2.53. The maximum Gasteiger partial charge on any atom is 0.338 e. The Morgan fingerprint density at radius 2 is 2.05 bits per heavy atom. The molecular formula is C16H19ClO4. The molecule has 2 aliphatic rings. The zero-order valence-corrected chi connectivity index (χ0v) is 12.8. The van der Waals surface area contributed by atoms with Crippen LogP contribution in [0.5, 0.6) is 0 Å². The molecule has 2 unspecified atom stereocenters. The van der Waals surface area contributed by atoms with Gasteiger partial charge in [-0.2, -0.15) is 0 Å². The minimum Gasteiger partial charge on any atom is -0.464 e. The van der Waals surface area contributed by atoms with Crippen LogP contribution in [0, 0.1) is 0 Å². The van der Waals surface area contributed by atoms with E-state index in [4.69, 9.17) is 25.8 Å². The summed E-state index contributed by atoms with van der Waals surface area (Å²) in [5.41, 5.74) is 0.779. The molecule has 0 amide bonds. The quantitative estimate of drug-likeness (QED) is 0.800. The van der Waals surface area contributed by atoms with Crippen LogP contribution in [0.25, 0.3) is 0 Å². The van der Waals surface area contributed by atoms with Gasteiger partial charge in [-0.25, -0.2) is 4.79 Å². The van der Waals surface area contributed by atoms with Gasteiger partial charge in [-0.15, -0.1) is 0 Å². The second-order valence-corrected chi connectivity index (χ2v) is 5.88. The Bertz CT molecular complexity index is 525. The van der Waals surface area contributed by atoms with Gasteiger partial charge in [0.2, 0.25) is 0 Å². The van der Waals surface area contributed by atoms with Crippen LogP contribution in [-0.2, 0) is 19.0 Å². The summed E-state index contributed by atoms with van der Waals surface area (Å²) >= 11 is 6.26. The molecule has 1 heterocycles. The SMILES string of the molecule is CCOC(=O)C1OC2(CCCC2)OC1c1ccccc1Cl. The molecule has 3 rings (SSSR count). The third-order valence-electron chi connectivity index (χ3n) is 4.05. The third kappa shape index (κ3) is 2.80. The fourth-order valence-corrected chi connectivity index (χ4v) is 3.34. The molecule has 0 radical (unpaired) electrons. The highest BCUT2D eigenvalue weighted by atomic mass is 35.5. The molecule has 1 aliphatic carbocycles. The van der Waals surface area contributed by atoms with E-state index >= 15 is 0 Å². The summed E-state index contributed by atoms with van der Waals surface area (Å²) < 4.78 is 17.3. The smallest absolute Gasteiger partial charge is 0.338 e. The summed E-state index contributed by atoms with van der Waals surface area (Å²) in [7, 11) is 0. The van der Waals surface area contributed by atoms with Crippen LogP contribution >= 0.6 is 11.6 Å². The Balaban J connectivity index is 1.91. The molecule has 1 spiro atoms. The molecule has 1 aromatic carbocycles. The highest BCUT2D eigenvalue weighted by molar-refractivity contribution is 6.31. The van der Waals surface area contributed by atoms with E-state index in [1.165, 1.54) is 0 Å². The minimum atomic E-state index is -0.747. The average Bonchev–Trinajstić information content (AvgIpc) is 3.08. The first kappa shape index (κ1) is 14.8. The van der Waals surface area contributed by atoms with Crippen molar-refractivity contribution in [2.24, 2.45) is 0 Å². The van der Waals surface area contributed by atoms with Crippen molar-refractivity contribution in [3.8, 4) is 0 Å².